The largest absolute Gasteiger partial charge is 0.435 e. The standard InChI is InChI=1S/C16H12F2N2O/c17-16(18)21-12-8-5-11(6-9-12)7-10-15-19-13-3-1-2-4-14(13)20-15/h1-10,16H,(H,19,20). The Labute approximate surface area is 119 Å². The number of nitrogens with zero attached hydrogens (tertiary/aromatic N) is 1. The van der Waals surface area contributed by atoms with Crippen LogP contribution in [0.2, 0.25) is 0 Å². The molecular weight excluding hydrogens is 274 g/mol. The predicted molar refractivity (Wildman–Crippen MR) is 78.1 cm³/mol. The summed E-state index contributed by atoms with van der Waals surface area (Å²) in [6.45, 7) is -2.80. The Morgan fingerprint density at radius 1 is 1.00 bits per heavy atom. The van der Waals surface area contributed by atoms with Crippen LogP contribution in [0, 0.1) is 0 Å². The molecule has 3 rings (SSSR count). The fourth-order valence-corrected chi connectivity index (χ4v) is 1.99. The number of aromatic amines is 1. The summed E-state index contributed by atoms with van der Waals surface area (Å²) in [4.78, 5) is 7.60. The molecular formula is C16H12F2N2O. The van der Waals surface area contributed by atoms with E-state index in [0.717, 1.165) is 22.4 Å². The third kappa shape index (κ3) is 3.25. The van der Waals surface area contributed by atoms with Crippen LogP contribution in [0.1, 0.15) is 11.4 Å². The molecule has 1 heterocycles. The predicted octanol–water partition coefficient (Wildman–Crippen LogP) is 4.33. The van der Waals surface area contributed by atoms with Crippen molar-refractivity contribution in [3.05, 3.63) is 59.9 Å². The topological polar surface area (TPSA) is 37.9 Å². The molecule has 0 bridgehead atoms. The number of nitrogens with one attached hydrogen (secondary N) is 1. The monoisotopic (exact) mass is 286 g/mol. The van der Waals surface area contributed by atoms with Gasteiger partial charge in [-0.05, 0) is 35.9 Å². The van der Waals surface area contributed by atoms with Gasteiger partial charge in [-0.1, -0.05) is 30.3 Å². The van der Waals surface area contributed by atoms with Gasteiger partial charge in [-0.3, -0.25) is 0 Å². The number of hydrogen-bond donors (Lipinski definition) is 1. The summed E-state index contributed by atoms with van der Waals surface area (Å²) >= 11 is 0. The maximum absolute atomic E-state index is 12.0. The molecule has 0 spiro atoms. The molecule has 0 radical (unpaired) electrons. The number of fused-ring (bicyclic) bond motifs is 1. The Bertz CT molecular complexity index is 730. The Kier molecular flexibility index (Phi) is 3.64. The van der Waals surface area contributed by atoms with Crippen LogP contribution in [0.4, 0.5) is 8.78 Å². The number of imidazole rings is 1. The molecule has 0 saturated heterocycles. The van der Waals surface area contributed by atoms with Crippen LogP contribution in [0.5, 0.6) is 5.75 Å². The normalized spacial score (nSPS) is 11.6. The average Bonchev–Trinajstić information content (AvgIpc) is 2.89. The third-order valence-corrected chi connectivity index (χ3v) is 2.95. The second-order valence-corrected chi connectivity index (χ2v) is 4.42. The Balaban J connectivity index is 1.76. The van der Waals surface area contributed by atoms with E-state index in [-0.39, 0.29) is 5.75 Å². The lowest BCUT2D eigenvalue weighted by atomic mass is 10.2. The van der Waals surface area contributed by atoms with Gasteiger partial charge in [0.15, 0.2) is 0 Å². The van der Waals surface area contributed by atoms with E-state index >= 15 is 0 Å². The van der Waals surface area contributed by atoms with E-state index < -0.39 is 6.61 Å². The van der Waals surface area contributed by atoms with Gasteiger partial charge in [-0.25, -0.2) is 4.98 Å². The van der Waals surface area contributed by atoms with Crippen molar-refractivity contribution >= 4 is 23.2 Å². The molecule has 0 aliphatic rings. The molecule has 0 unspecified atom stereocenters. The molecule has 1 aromatic heterocycles. The first kappa shape index (κ1) is 13.3. The SMILES string of the molecule is FC(F)Oc1ccc(C=Cc2nc3ccccc3[nH]2)cc1. The second kappa shape index (κ2) is 5.75. The molecule has 2 aromatic carbocycles. The van der Waals surface area contributed by atoms with Crippen molar-refractivity contribution in [2.24, 2.45) is 0 Å². The van der Waals surface area contributed by atoms with Crippen LogP contribution in [0.3, 0.4) is 0 Å². The number of hydrogen-bond acceptors (Lipinski definition) is 2. The third-order valence-electron chi connectivity index (χ3n) is 2.95. The molecule has 0 amide bonds. The highest BCUT2D eigenvalue weighted by Crippen LogP contribution is 2.17. The van der Waals surface area contributed by atoms with Gasteiger partial charge in [0.25, 0.3) is 0 Å². The molecule has 0 aliphatic carbocycles. The van der Waals surface area contributed by atoms with E-state index in [4.69, 9.17) is 0 Å². The summed E-state index contributed by atoms with van der Waals surface area (Å²) in [7, 11) is 0. The lowest BCUT2D eigenvalue weighted by molar-refractivity contribution is -0.0498. The smallest absolute Gasteiger partial charge is 0.387 e. The summed E-state index contributed by atoms with van der Waals surface area (Å²) in [5.41, 5.74) is 2.74. The number of benzene rings is 2. The minimum absolute atomic E-state index is 0.144. The maximum atomic E-state index is 12.0. The van der Waals surface area contributed by atoms with Gasteiger partial charge in [-0.15, -0.1) is 0 Å². The fraction of sp³-hybridized carbons (Fsp3) is 0.0625. The van der Waals surface area contributed by atoms with Crippen molar-refractivity contribution in [2.45, 2.75) is 6.61 Å². The summed E-state index contributed by atoms with van der Waals surface area (Å²) in [5, 5.41) is 0. The van der Waals surface area contributed by atoms with Gasteiger partial charge in [0.2, 0.25) is 0 Å². The highest BCUT2D eigenvalue weighted by molar-refractivity contribution is 5.78. The van der Waals surface area contributed by atoms with Crippen molar-refractivity contribution in [3.8, 4) is 5.75 Å². The molecule has 3 nitrogen and oxygen atoms in total. The van der Waals surface area contributed by atoms with E-state index in [1.807, 2.05) is 36.4 Å². The second-order valence-electron chi connectivity index (χ2n) is 4.42. The molecule has 3 aromatic rings. The number of aromatic nitrogens is 2. The quantitative estimate of drug-likeness (QED) is 0.775. The van der Waals surface area contributed by atoms with E-state index in [0.29, 0.717) is 0 Å². The summed E-state index contributed by atoms with van der Waals surface area (Å²) in [6, 6.07) is 14.2. The highest BCUT2D eigenvalue weighted by Gasteiger charge is 2.03. The Morgan fingerprint density at radius 2 is 1.76 bits per heavy atom. The zero-order chi connectivity index (χ0) is 14.7. The van der Waals surface area contributed by atoms with Gasteiger partial charge < -0.3 is 9.72 Å². The van der Waals surface area contributed by atoms with E-state index in [1.165, 1.54) is 12.1 Å². The van der Waals surface area contributed by atoms with Crippen molar-refractivity contribution < 1.29 is 13.5 Å². The molecule has 5 heteroatoms. The molecule has 0 fully saturated rings. The summed E-state index contributed by atoms with van der Waals surface area (Å²) in [5.74, 6) is 0.884. The first-order valence-electron chi connectivity index (χ1n) is 6.38. The molecule has 106 valence electrons. The van der Waals surface area contributed by atoms with Crippen molar-refractivity contribution in [1.82, 2.24) is 9.97 Å². The minimum atomic E-state index is -2.80. The maximum Gasteiger partial charge on any atom is 0.387 e. The van der Waals surface area contributed by atoms with Crippen LogP contribution < -0.4 is 4.74 Å². The van der Waals surface area contributed by atoms with Crippen LogP contribution in [-0.4, -0.2) is 16.6 Å². The number of para-hydroxylation sites is 2. The van der Waals surface area contributed by atoms with Crippen LogP contribution in [0.25, 0.3) is 23.2 Å². The van der Waals surface area contributed by atoms with E-state index in [2.05, 4.69) is 14.7 Å². The van der Waals surface area contributed by atoms with Crippen LogP contribution >= 0.6 is 0 Å². The van der Waals surface area contributed by atoms with Crippen LogP contribution in [0.15, 0.2) is 48.5 Å². The van der Waals surface area contributed by atoms with Gasteiger partial charge in [0.1, 0.15) is 11.6 Å². The van der Waals surface area contributed by atoms with E-state index in [9.17, 15) is 8.78 Å². The Morgan fingerprint density at radius 3 is 2.48 bits per heavy atom. The van der Waals surface area contributed by atoms with E-state index in [1.54, 1.807) is 12.1 Å². The Hall–Kier alpha value is -2.69. The molecule has 0 atom stereocenters. The molecule has 21 heavy (non-hydrogen) atoms. The minimum Gasteiger partial charge on any atom is -0.435 e. The zero-order valence-corrected chi connectivity index (χ0v) is 11.0. The lowest BCUT2D eigenvalue weighted by Crippen LogP contribution is -2.01. The number of halogens is 2. The molecule has 0 saturated carbocycles. The number of alkyl halides is 2. The number of ether oxygens (including phenoxy) is 1. The van der Waals surface area contributed by atoms with Gasteiger partial charge in [0.05, 0.1) is 11.0 Å². The molecule has 1 N–H and O–H groups in total. The van der Waals surface area contributed by atoms with Crippen molar-refractivity contribution in [3.63, 3.8) is 0 Å². The number of rotatable bonds is 4. The number of H-pyrrole nitrogens is 1. The average molecular weight is 286 g/mol. The van der Waals surface area contributed by atoms with Gasteiger partial charge >= 0.3 is 6.61 Å². The van der Waals surface area contributed by atoms with Gasteiger partial charge in [-0.2, -0.15) is 8.78 Å². The van der Waals surface area contributed by atoms with Crippen molar-refractivity contribution in [2.75, 3.05) is 0 Å². The fourth-order valence-electron chi connectivity index (χ4n) is 1.99. The molecule has 0 aliphatic heterocycles. The lowest BCUT2D eigenvalue weighted by Gasteiger charge is -2.03. The first-order valence-corrected chi connectivity index (χ1v) is 6.38. The zero-order valence-electron chi connectivity index (χ0n) is 11.0. The summed E-state index contributed by atoms with van der Waals surface area (Å²) in [6.07, 6.45) is 3.69. The summed E-state index contributed by atoms with van der Waals surface area (Å²) < 4.78 is 28.4. The first-order chi connectivity index (χ1) is 10.2. The van der Waals surface area contributed by atoms with Gasteiger partial charge in [0, 0.05) is 0 Å². The van der Waals surface area contributed by atoms with Crippen molar-refractivity contribution in [1.29, 1.82) is 0 Å². The highest BCUT2D eigenvalue weighted by atomic mass is 19.3. The van der Waals surface area contributed by atoms with Crippen LogP contribution in [-0.2, 0) is 0 Å².